The van der Waals surface area contributed by atoms with Crippen LogP contribution in [0, 0.1) is 0 Å². The summed E-state index contributed by atoms with van der Waals surface area (Å²) in [5.74, 6) is 0. The van der Waals surface area contributed by atoms with Gasteiger partial charge in [0.2, 0.25) is 0 Å². The number of hydrogen-bond donors (Lipinski definition) is 2. The van der Waals surface area contributed by atoms with Gasteiger partial charge in [0.1, 0.15) is 4.90 Å². The number of aliphatic hydroxyl groups is 1. The first kappa shape index (κ1) is 15.5. The topological polar surface area (TPSA) is 66.4 Å². The molecule has 0 atom stereocenters. The summed E-state index contributed by atoms with van der Waals surface area (Å²) in [6.45, 7) is -0.140. The number of hydrogen-bond acceptors (Lipinski definition) is 3. The van der Waals surface area contributed by atoms with E-state index in [-0.39, 0.29) is 11.5 Å². The summed E-state index contributed by atoms with van der Waals surface area (Å²) in [4.78, 5) is 0.123. The van der Waals surface area contributed by atoms with Gasteiger partial charge in [-0.05, 0) is 57.9 Å². The lowest BCUT2D eigenvalue weighted by Crippen LogP contribution is -2.13. The molecule has 2 rings (SSSR count). The molecular formula is C13H11Br2NO3S. The first-order valence-electron chi connectivity index (χ1n) is 5.60. The van der Waals surface area contributed by atoms with E-state index in [1.807, 2.05) is 0 Å². The van der Waals surface area contributed by atoms with E-state index >= 15 is 0 Å². The van der Waals surface area contributed by atoms with Crippen LogP contribution in [0.1, 0.15) is 5.56 Å². The largest absolute Gasteiger partial charge is 0.392 e. The Labute approximate surface area is 134 Å². The molecule has 0 aromatic heterocycles. The van der Waals surface area contributed by atoms with Gasteiger partial charge in [0.15, 0.2) is 0 Å². The maximum Gasteiger partial charge on any atom is 0.263 e. The number of nitrogens with one attached hydrogen (secondary N) is 1. The normalized spacial score (nSPS) is 11.3. The monoisotopic (exact) mass is 419 g/mol. The van der Waals surface area contributed by atoms with Crippen molar-refractivity contribution < 1.29 is 13.5 Å². The molecule has 0 aliphatic carbocycles. The maximum atomic E-state index is 12.3. The van der Waals surface area contributed by atoms with E-state index in [0.29, 0.717) is 15.7 Å². The van der Waals surface area contributed by atoms with Crippen LogP contribution in [-0.4, -0.2) is 13.5 Å². The van der Waals surface area contributed by atoms with Gasteiger partial charge in [-0.15, -0.1) is 0 Å². The Morgan fingerprint density at radius 3 is 2.25 bits per heavy atom. The summed E-state index contributed by atoms with van der Waals surface area (Å²) in [6.07, 6.45) is 0. The first-order valence-corrected chi connectivity index (χ1v) is 8.67. The minimum Gasteiger partial charge on any atom is -0.392 e. The van der Waals surface area contributed by atoms with E-state index in [4.69, 9.17) is 5.11 Å². The molecule has 0 saturated carbocycles. The molecule has 0 radical (unpaired) electrons. The minimum absolute atomic E-state index is 0.123. The fourth-order valence-corrected chi connectivity index (χ4v) is 4.04. The molecule has 0 saturated heterocycles. The lowest BCUT2D eigenvalue weighted by atomic mass is 10.2. The Hall–Kier alpha value is -0.890. The van der Waals surface area contributed by atoms with Gasteiger partial charge in [-0.2, -0.15) is 0 Å². The van der Waals surface area contributed by atoms with Crippen molar-refractivity contribution in [2.45, 2.75) is 11.5 Å². The average molecular weight is 421 g/mol. The van der Waals surface area contributed by atoms with Gasteiger partial charge in [0.05, 0.1) is 6.61 Å². The quantitative estimate of drug-likeness (QED) is 0.795. The highest BCUT2D eigenvalue weighted by Crippen LogP contribution is 2.26. The van der Waals surface area contributed by atoms with Crippen LogP contribution in [0.25, 0.3) is 0 Å². The zero-order valence-electron chi connectivity index (χ0n) is 10.2. The van der Waals surface area contributed by atoms with Crippen molar-refractivity contribution in [3.8, 4) is 0 Å². The molecule has 0 fully saturated rings. The predicted octanol–water partition coefficient (Wildman–Crippen LogP) is 3.50. The van der Waals surface area contributed by atoms with Gasteiger partial charge in [0, 0.05) is 14.6 Å². The summed E-state index contributed by atoms with van der Waals surface area (Å²) < 4.78 is 28.4. The number of anilines is 1. The van der Waals surface area contributed by atoms with Gasteiger partial charge in [-0.25, -0.2) is 8.42 Å². The van der Waals surface area contributed by atoms with E-state index in [2.05, 4.69) is 36.6 Å². The lowest BCUT2D eigenvalue weighted by Gasteiger charge is -2.10. The maximum absolute atomic E-state index is 12.3. The van der Waals surface area contributed by atoms with Crippen molar-refractivity contribution in [1.29, 1.82) is 0 Å². The third-order valence-corrected chi connectivity index (χ3v) is 5.45. The Morgan fingerprint density at radius 2 is 1.70 bits per heavy atom. The summed E-state index contributed by atoms with van der Waals surface area (Å²) in [5.41, 5.74) is 1.12. The SMILES string of the molecule is O=S(=O)(Nc1ccc(Br)cc1)c1ccc(CO)cc1Br. The molecule has 4 nitrogen and oxygen atoms in total. The highest BCUT2D eigenvalue weighted by molar-refractivity contribution is 9.10. The second-order valence-corrected chi connectivity index (χ2v) is 7.46. The Morgan fingerprint density at radius 1 is 1.05 bits per heavy atom. The molecule has 20 heavy (non-hydrogen) atoms. The second kappa shape index (κ2) is 6.26. The molecular weight excluding hydrogens is 410 g/mol. The van der Waals surface area contributed by atoms with Crippen LogP contribution in [0.4, 0.5) is 5.69 Å². The van der Waals surface area contributed by atoms with Crippen LogP contribution in [0.5, 0.6) is 0 Å². The highest BCUT2D eigenvalue weighted by Gasteiger charge is 2.17. The summed E-state index contributed by atoms with van der Waals surface area (Å²) >= 11 is 6.50. The van der Waals surface area contributed by atoms with Crippen LogP contribution in [0.15, 0.2) is 56.3 Å². The minimum atomic E-state index is -3.68. The standard InChI is InChI=1S/C13H11Br2NO3S/c14-10-2-4-11(5-3-10)16-20(18,19)13-6-1-9(8-17)7-12(13)15/h1-7,16-17H,8H2. The van der Waals surface area contributed by atoms with E-state index in [0.717, 1.165) is 4.47 Å². The number of benzene rings is 2. The Balaban J connectivity index is 2.33. The van der Waals surface area contributed by atoms with Crippen molar-refractivity contribution in [1.82, 2.24) is 0 Å². The van der Waals surface area contributed by atoms with Gasteiger partial charge in [-0.3, -0.25) is 4.72 Å². The summed E-state index contributed by atoms with van der Waals surface area (Å²) in [5, 5.41) is 9.03. The van der Waals surface area contributed by atoms with Gasteiger partial charge >= 0.3 is 0 Å². The molecule has 2 N–H and O–H groups in total. The van der Waals surface area contributed by atoms with E-state index < -0.39 is 10.0 Å². The molecule has 0 aliphatic rings. The number of rotatable bonds is 4. The number of aliphatic hydroxyl groups excluding tert-OH is 1. The number of sulfonamides is 1. The van der Waals surface area contributed by atoms with Gasteiger partial charge < -0.3 is 5.11 Å². The first-order chi connectivity index (χ1) is 9.42. The molecule has 2 aromatic rings. The average Bonchev–Trinajstić information content (AvgIpc) is 2.40. The van der Waals surface area contributed by atoms with Crippen molar-refractivity contribution in [2.24, 2.45) is 0 Å². The zero-order valence-corrected chi connectivity index (χ0v) is 14.2. The Kier molecular flexibility index (Phi) is 4.85. The van der Waals surface area contributed by atoms with Crippen LogP contribution in [0.2, 0.25) is 0 Å². The molecule has 7 heteroatoms. The van der Waals surface area contributed by atoms with Gasteiger partial charge in [0.25, 0.3) is 10.0 Å². The third kappa shape index (κ3) is 3.60. The molecule has 106 valence electrons. The van der Waals surface area contributed by atoms with Crippen molar-refractivity contribution >= 4 is 47.6 Å². The Bertz CT molecular complexity index is 715. The molecule has 2 aromatic carbocycles. The summed E-state index contributed by atoms with van der Waals surface area (Å²) in [6, 6.07) is 11.4. The van der Waals surface area contributed by atoms with Crippen LogP contribution in [0.3, 0.4) is 0 Å². The second-order valence-electron chi connectivity index (χ2n) is 4.04. The van der Waals surface area contributed by atoms with Crippen molar-refractivity contribution in [2.75, 3.05) is 4.72 Å². The van der Waals surface area contributed by atoms with Crippen molar-refractivity contribution in [3.63, 3.8) is 0 Å². The fraction of sp³-hybridized carbons (Fsp3) is 0.0769. The molecule has 0 unspecified atom stereocenters. The van der Waals surface area contributed by atoms with Gasteiger partial charge in [-0.1, -0.05) is 22.0 Å². The highest BCUT2D eigenvalue weighted by atomic mass is 79.9. The predicted molar refractivity (Wildman–Crippen MR) is 85.0 cm³/mol. The van der Waals surface area contributed by atoms with Crippen molar-refractivity contribution in [3.05, 3.63) is 57.0 Å². The van der Waals surface area contributed by atoms with E-state index in [1.165, 1.54) is 6.07 Å². The van der Waals surface area contributed by atoms with Crippen LogP contribution < -0.4 is 4.72 Å². The third-order valence-electron chi connectivity index (χ3n) is 2.56. The number of halogens is 2. The lowest BCUT2D eigenvalue weighted by molar-refractivity contribution is 0.281. The zero-order chi connectivity index (χ0) is 14.8. The fourth-order valence-electron chi connectivity index (χ4n) is 1.59. The smallest absolute Gasteiger partial charge is 0.263 e. The van der Waals surface area contributed by atoms with Crippen LogP contribution in [-0.2, 0) is 16.6 Å². The summed E-state index contributed by atoms with van der Waals surface area (Å²) in [7, 11) is -3.68. The molecule has 0 aliphatic heterocycles. The molecule has 0 spiro atoms. The van der Waals surface area contributed by atoms with Crippen LogP contribution >= 0.6 is 31.9 Å². The molecule has 0 amide bonds. The molecule has 0 heterocycles. The van der Waals surface area contributed by atoms with E-state index in [9.17, 15) is 8.42 Å². The van der Waals surface area contributed by atoms with E-state index in [1.54, 1.807) is 36.4 Å². The molecule has 0 bridgehead atoms.